The number of fused-ring (bicyclic) bond motifs is 2. The SMILES string of the molecule is Clc1ccc2c(c1)C=Cc1cc(Br)cnc1[C@H]2C1CCNCC1. The predicted octanol–water partition coefficient (Wildman–Crippen LogP) is 5.11. The summed E-state index contributed by atoms with van der Waals surface area (Å²) in [6.45, 7) is 2.17. The summed E-state index contributed by atoms with van der Waals surface area (Å²) in [6.07, 6.45) is 8.63. The fourth-order valence-corrected chi connectivity index (χ4v) is 4.34. The molecule has 23 heavy (non-hydrogen) atoms. The number of hydrogen-bond donors (Lipinski definition) is 1. The van der Waals surface area contributed by atoms with Crippen LogP contribution in [0.2, 0.25) is 5.02 Å². The molecule has 4 heteroatoms. The van der Waals surface area contributed by atoms with Crippen LogP contribution in [-0.4, -0.2) is 18.1 Å². The minimum atomic E-state index is 0.336. The fourth-order valence-electron chi connectivity index (χ4n) is 3.81. The zero-order chi connectivity index (χ0) is 15.8. The van der Waals surface area contributed by atoms with Gasteiger partial charge in [-0.05, 0) is 82.7 Å². The van der Waals surface area contributed by atoms with Crippen molar-refractivity contribution < 1.29 is 0 Å². The lowest BCUT2D eigenvalue weighted by molar-refractivity contribution is 0.339. The van der Waals surface area contributed by atoms with Crippen LogP contribution in [0.15, 0.2) is 34.9 Å². The predicted molar refractivity (Wildman–Crippen MR) is 99.8 cm³/mol. The molecule has 1 aromatic heterocycles. The molecule has 118 valence electrons. The van der Waals surface area contributed by atoms with Gasteiger partial charge >= 0.3 is 0 Å². The third-order valence-corrected chi connectivity index (χ3v) is 5.56. The number of rotatable bonds is 1. The van der Waals surface area contributed by atoms with Crippen molar-refractivity contribution in [2.75, 3.05) is 13.1 Å². The summed E-state index contributed by atoms with van der Waals surface area (Å²) >= 11 is 9.78. The summed E-state index contributed by atoms with van der Waals surface area (Å²) in [5, 5.41) is 4.26. The molecule has 1 atom stereocenters. The molecule has 1 saturated heterocycles. The fraction of sp³-hybridized carbons (Fsp3) is 0.316. The van der Waals surface area contributed by atoms with Crippen molar-refractivity contribution in [3.05, 3.63) is 62.3 Å². The Hall–Kier alpha value is -1.16. The largest absolute Gasteiger partial charge is 0.317 e. The summed E-state index contributed by atoms with van der Waals surface area (Å²) in [6, 6.07) is 8.43. The monoisotopic (exact) mass is 388 g/mol. The van der Waals surface area contributed by atoms with Crippen LogP contribution in [0.5, 0.6) is 0 Å². The quantitative estimate of drug-likeness (QED) is 0.733. The number of hydrogen-bond acceptors (Lipinski definition) is 2. The van der Waals surface area contributed by atoms with E-state index in [-0.39, 0.29) is 0 Å². The maximum Gasteiger partial charge on any atom is 0.0554 e. The molecular formula is C19H18BrClN2. The molecule has 0 saturated carbocycles. The van der Waals surface area contributed by atoms with Crippen LogP contribution >= 0.6 is 27.5 Å². The van der Waals surface area contributed by atoms with Gasteiger partial charge in [-0.15, -0.1) is 0 Å². The Kier molecular flexibility index (Phi) is 4.27. The van der Waals surface area contributed by atoms with Crippen LogP contribution in [-0.2, 0) is 0 Å². The third kappa shape index (κ3) is 2.98. The molecule has 0 spiro atoms. The van der Waals surface area contributed by atoms with Crippen LogP contribution in [0, 0.1) is 5.92 Å². The van der Waals surface area contributed by atoms with E-state index in [0.717, 1.165) is 22.6 Å². The van der Waals surface area contributed by atoms with Crippen molar-refractivity contribution in [1.82, 2.24) is 10.3 Å². The highest BCUT2D eigenvalue weighted by Crippen LogP contribution is 2.42. The van der Waals surface area contributed by atoms with E-state index in [1.54, 1.807) is 0 Å². The molecule has 0 unspecified atom stereocenters. The zero-order valence-electron chi connectivity index (χ0n) is 12.7. The molecule has 0 bridgehead atoms. The highest BCUT2D eigenvalue weighted by Gasteiger charge is 2.31. The van der Waals surface area contributed by atoms with Gasteiger partial charge in [0.25, 0.3) is 0 Å². The Morgan fingerprint density at radius 2 is 1.87 bits per heavy atom. The third-order valence-electron chi connectivity index (χ3n) is 4.89. The second kappa shape index (κ2) is 6.39. The molecule has 2 aliphatic rings. The first-order valence-corrected chi connectivity index (χ1v) is 9.23. The minimum Gasteiger partial charge on any atom is -0.317 e. The average molecular weight is 390 g/mol. The summed E-state index contributed by atoms with van der Waals surface area (Å²) in [7, 11) is 0. The lowest BCUT2D eigenvalue weighted by atomic mass is 9.76. The first kappa shape index (κ1) is 15.4. The molecule has 0 amide bonds. The van der Waals surface area contributed by atoms with Gasteiger partial charge in [-0.2, -0.15) is 0 Å². The molecule has 0 radical (unpaired) electrons. The standard InChI is InChI=1S/C19H18BrClN2/c20-15-9-14-2-1-13-10-16(21)3-4-17(13)18(19(14)23-11-15)12-5-7-22-8-6-12/h1-4,9-12,18,22H,5-8H2/t18-/m0/s1. The number of benzene rings is 1. The molecule has 1 aliphatic heterocycles. The topological polar surface area (TPSA) is 24.9 Å². The van der Waals surface area contributed by atoms with Crippen molar-refractivity contribution in [3.8, 4) is 0 Å². The molecule has 1 aromatic carbocycles. The van der Waals surface area contributed by atoms with Crippen molar-refractivity contribution in [2.24, 2.45) is 5.92 Å². The molecule has 2 nitrogen and oxygen atoms in total. The number of nitrogens with one attached hydrogen (secondary N) is 1. The molecular weight excluding hydrogens is 372 g/mol. The van der Waals surface area contributed by atoms with Crippen molar-refractivity contribution in [2.45, 2.75) is 18.8 Å². The number of piperidine rings is 1. The number of aromatic nitrogens is 1. The Morgan fingerprint density at radius 3 is 2.70 bits per heavy atom. The summed E-state index contributed by atoms with van der Waals surface area (Å²) < 4.78 is 1.02. The number of pyridine rings is 1. The van der Waals surface area contributed by atoms with E-state index in [0.29, 0.717) is 11.8 Å². The lowest BCUT2D eigenvalue weighted by Gasteiger charge is -2.32. The van der Waals surface area contributed by atoms with Crippen molar-refractivity contribution in [3.63, 3.8) is 0 Å². The summed E-state index contributed by atoms with van der Waals surface area (Å²) in [5.74, 6) is 0.950. The van der Waals surface area contributed by atoms with Gasteiger partial charge in [0.1, 0.15) is 0 Å². The van der Waals surface area contributed by atoms with E-state index in [4.69, 9.17) is 16.6 Å². The van der Waals surface area contributed by atoms with Gasteiger partial charge in [0.15, 0.2) is 0 Å². The van der Waals surface area contributed by atoms with Gasteiger partial charge in [0.05, 0.1) is 5.69 Å². The second-order valence-electron chi connectivity index (χ2n) is 6.30. The molecule has 1 N–H and O–H groups in total. The van der Waals surface area contributed by atoms with Crippen LogP contribution < -0.4 is 5.32 Å². The first-order valence-electron chi connectivity index (χ1n) is 8.06. The van der Waals surface area contributed by atoms with Gasteiger partial charge in [0.2, 0.25) is 0 Å². The van der Waals surface area contributed by atoms with Gasteiger partial charge < -0.3 is 5.32 Å². The molecule has 1 fully saturated rings. The first-order chi connectivity index (χ1) is 11.2. The number of halogens is 2. The van der Waals surface area contributed by atoms with E-state index >= 15 is 0 Å². The van der Waals surface area contributed by atoms with Crippen LogP contribution in [0.1, 0.15) is 41.1 Å². The molecule has 1 aliphatic carbocycles. The van der Waals surface area contributed by atoms with Gasteiger partial charge in [-0.1, -0.05) is 29.8 Å². The van der Waals surface area contributed by atoms with Crippen LogP contribution in [0.4, 0.5) is 0 Å². The average Bonchev–Trinajstić information content (AvgIpc) is 2.72. The van der Waals surface area contributed by atoms with E-state index in [2.05, 4.69) is 51.6 Å². The maximum atomic E-state index is 6.23. The van der Waals surface area contributed by atoms with E-state index < -0.39 is 0 Å². The smallest absolute Gasteiger partial charge is 0.0554 e. The van der Waals surface area contributed by atoms with Gasteiger partial charge in [-0.25, -0.2) is 0 Å². The summed E-state index contributed by atoms with van der Waals surface area (Å²) in [4.78, 5) is 4.81. The van der Waals surface area contributed by atoms with E-state index in [1.165, 1.54) is 35.2 Å². The van der Waals surface area contributed by atoms with E-state index in [9.17, 15) is 0 Å². The van der Waals surface area contributed by atoms with Crippen LogP contribution in [0.25, 0.3) is 12.2 Å². The molecule has 2 heterocycles. The van der Waals surface area contributed by atoms with E-state index in [1.807, 2.05) is 12.3 Å². The Morgan fingerprint density at radius 1 is 1.09 bits per heavy atom. The zero-order valence-corrected chi connectivity index (χ0v) is 15.1. The minimum absolute atomic E-state index is 0.336. The maximum absolute atomic E-state index is 6.23. The van der Waals surface area contributed by atoms with Gasteiger partial charge in [0, 0.05) is 21.6 Å². The summed E-state index contributed by atoms with van der Waals surface area (Å²) in [5.41, 5.74) is 4.97. The highest BCUT2D eigenvalue weighted by atomic mass is 79.9. The Labute approximate surface area is 150 Å². The Balaban J connectivity index is 1.90. The Bertz CT molecular complexity index is 710. The van der Waals surface area contributed by atoms with Gasteiger partial charge in [-0.3, -0.25) is 4.98 Å². The second-order valence-corrected chi connectivity index (χ2v) is 7.65. The van der Waals surface area contributed by atoms with Crippen molar-refractivity contribution in [1.29, 1.82) is 0 Å². The van der Waals surface area contributed by atoms with Crippen molar-refractivity contribution >= 4 is 39.7 Å². The lowest BCUT2D eigenvalue weighted by Crippen LogP contribution is -2.31. The molecule has 2 aromatic rings. The normalized spacial score (nSPS) is 20.7. The van der Waals surface area contributed by atoms with Crippen LogP contribution in [0.3, 0.4) is 0 Å². The highest BCUT2D eigenvalue weighted by molar-refractivity contribution is 9.10. The number of nitrogens with zero attached hydrogens (tertiary/aromatic N) is 1. The molecule has 4 rings (SSSR count).